The van der Waals surface area contributed by atoms with Crippen LogP contribution < -0.4 is 9.47 Å². The van der Waals surface area contributed by atoms with Crippen LogP contribution in [0, 0.1) is 0 Å². The molecule has 0 spiro atoms. The first-order valence-corrected chi connectivity index (χ1v) is 10.3. The Morgan fingerprint density at radius 1 is 1.17 bits per heavy atom. The summed E-state index contributed by atoms with van der Waals surface area (Å²) in [6.07, 6.45) is 6.26. The average Bonchev–Trinajstić information content (AvgIpc) is 3.31. The van der Waals surface area contributed by atoms with E-state index in [2.05, 4.69) is 0 Å². The Kier molecular flexibility index (Phi) is 7.38. The summed E-state index contributed by atoms with van der Waals surface area (Å²) in [4.78, 5) is 28.7. The lowest BCUT2D eigenvalue weighted by molar-refractivity contribution is -0.135. The average molecular weight is 415 g/mol. The van der Waals surface area contributed by atoms with Gasteiger partial charge < -0.3 is 23.7 Å². The third-order valence-electron chi connectivity index (χ3n) is 5.61. The number of amides is 2. The molecule has 1 unspecified atom stereocenters. The molecule has 1 aromatic carbocycles. The van der Waals surface area contributed by atoms with Crippen LogP contribution in [0.25, 0.3) is 0 Å². The van der Waals surface area contributed by atoms with Gasteiger partial charge in [-0.1, -0.05) is 6.07 Å². The quantitative estimate of drug-likeness (QED) is 0.662. The van der Waals surface area contributed by atoms with Crippen molar-refractivity contribution in [3.63, 3.8) is 0 Å². The van der Waals surface area contributed by atoms with Gasteiger partial charge in [-0.25, -0.2) is 0 Å². The number of furan rings is 1. The van der Waals surface area contributed by atoms with Crippen molar-refractivity contribution < 1.29 is 23.5 Å². The van der Waals surface area contributed by atoms with Crippen LogP contribution in [0.4, 0.5) is 0 Å². The predicted molar refractivity (Wildman–Crippen MR) is 113 cm³/mol. The number of benzene rings is 1. The molecule has 162 valence electrons. The van der Waals surface area contributed by atoms with Crippen molar-refractivity contribution in [3.8, 4) is 11.5 Å². The summed E-state index contributed by atoms with van der Waals surface area (Å²) in [5, 5.41) is 0. The molecule has 2 aromatic rings. The van der Waals surface area contributed by atoms with Gasteiger partial charge in [0.15, 0.2) is 17.3 Å². The lowest BCUT2D eigenvalue weighted by Gasteiger charge is -2.37. The Hall–Kier alpha value is -2.96. The third kappa shape index (κ3) is 5.14. The van der Waals surface area contributed by atoms with Crippen molar-refractivity contribution in [2.45, 2.75) is 38.1 Å². The third-order valence-corrected chi connectivity index (χ3v) is 5.61. The molecule has 0 N–H and O–H groups in total. The fraction of sp³-hybridized carbons (Fsp3) is 0.478. The molecule has 0 radical (unpaired) electrons. The van der Waals surface area contributed by atoms with Crippen LogP contribution in [-0.2, 0) is 11.2 Å². The van der Waals surface area contributed by atoms with Crippen LogP contribution >= 0.6 is 0 Å². The number of rotatable bonds is 8. The second kappa shape index (κ2) is 10.2. The molecule has 7 heteroatoms. The zero-order valence-electron chi connectivity index (χ0n) is 17.9. The van der Waals surface area contributed by atoms with Crippen molar-refractivity contribution in [3.05, 3.63) is 47.9 Å². The van der Waals surface area contributed by atoms with E-state index in [9.17, 15) is 9.59 Å². The summed E-state index contributed by atoms with van der Waals surface area (Å²) in [6.45, 7) is 0.782. The SMILES string of the molecule is COc1ccc(CCC2CCCCN2C(=O)CN(C)C(=O)c2ccco2)cc1OC. The first-order chi connectivity index (χ1) is 14.5. The number of ether oxygens (including phenoxy) is 2. The van der Waals surface area contributed by atoms with E-state index in [0.29, 0.717) is 11.5 Å². The minimum atomic E-state index is -0.285. The van der Waals surface area contributed by atoms with E-state index < -0.39 is 0 Å². The van der Waals surface area contributed by atoms with Crippen molar-refractivity contribution >= 4 is 11.8 Å². The number of nitrogens with zero attached hydrogens (tertiary/aromatic N) is 2. The van der Waals surface area contributed by atoms with Gasteiger partial charge in [-0.2, -0.15) is 0 Å². The van der Waals surface area contributed by atoms with Crippen LogP contribution in [0.3, 0.4) is 0 Å². The smallest absolute Gasteiger partial charge is 0.289 e. The number of aryl methyl sites for hydroxylation is 1. The highest BCUT2D eigenvalue weighted by Gasteiger charge is 2.28. The molecule has 7 nitrogen and oxygen atoms in total. The van der Waals surface area contributed by atoms with Crippen molar-refractivity contribution in [2.75, 3.05) is 34.4 Å². The van der Waals surface area contributed by atoms with Crippen LogP contribution in [0.5, 0.6) is 11.5 Å². The number of likely N-dealkylation sites (tertiary alicyclic amines) is 1. The maximum absolute atomic E-state index is 13.0. The second-order valence-corrected chi connectivity index (χ2v) is 7.60. The number of likely N-dealkylation sites (N-methyl/N-ethyl adjacent to an activating group) is 1. The number of hydrogen-bond donors (Lipinski definition) is 0. The zero-order chi connectivity index (χ0) is 21.5. The maximum Gasteiger partial charge on any atom is 0.289 e. The Morgan fingerprint density at radius 3 is 2.67 bits per heavy atom. The number of carbonyl (C=O) groups is 2. The molecular weight excluding hydrogens is 384 g/mol. The van der Waals surface area contributed by atoms with E-state index >= 15 is 0 Å². The Labute approximate surface area is 177 Å². The highest BCUT2D eigenvalue weighted by atomic mass is 16.5. The number of methoxy groups -OCH3 is 2. The van der Waals surface area contributed by atoms with Gasteiger partial charge in [-0.3, -0.25) is 9.59 Å². The molecule has 0 bridgehead atoms. The summed E-state index contributed by atoms with van der Waals surface area (Å²) in [5.74, 6) is 1.36. The molecule has 1 aromatic heterocycles. The molecule has 3 rings (SSSR count). The van der Waals surface area contributed by atoms with Gasteiger partial charge in [0, 0.05) is 19.6 Å². The molecule has 1 fully saturated rings. The predicted octanol–water partition coefficient (Wildman–Crippen LogP) is 3.38. The van der Waals surface area contributed by atoms with Crippen molar-refractivity contribution in [2.24, 2.45) is 0 Å². The second-order valence-electron chi connectivity index (χ2n) is 7.60. The summed E-state index contributed by atoms with van der Waals surface area (Å²) in [5.41, 5.74) is 1.15. The van der Waals surface area contributed by atoms with Crippen LogP contribution in [0.2, 0.25) is 0 Å². The molecule has 1 atom stereocenters. The van der Waals surface area contributed by atoms with Crippen LogP contribution in [0.1, 0.15) is 41.8 Å². The van der Waals surface area contributed by atoms with Gasteiger partial charge in [0.1, 0.15) is 0 Å². The monoisotopic (exact) mass is 414 g/mol. The number of piperidine rings is 1. The van der Waals surface area contributed by atoms with E-state index in [1.165, 1.54) is 11.2 Å². The zero-order valence-corrected chi connectivity index (χ0v) is 17.9. The largest absolute Gasteiger partial charge is 0.493 e. The first kappa shape index (κ1) is 21.7. The molecule has 2 amide bonds. The first-order valence-electron chi connectivity index (χ1n) is 10.3. The van der Waals surface area contributed by atoms with Gasteiger partial charge in [0.2, 0.25) is 5.91 Å². The lowest BCUT2D eigenvalue weighted by atomic mass is 9.95. The molecule has 1 aliphatic rings. The summed E-state index contributed by atoms with van der Waals surface area (Å²) < 4.78 is 15.8. The van der Waals surface area contributed by atoms with E-state index in [0.717, 1.165) is 44.2 Å². The van der Waals surface area contributed by atoms with Crippen molar-refractivity contribution in [1.29, 1.82) is 0 Å². The molecule has 1 aliphatic heterocycles. The van der Waals surface area contributed by atoms with E-state index in [4.69, 9.17) is 13.9 Å². The maximum atomic E-state index is 13.0. The molecule has 1 saturated heterocycles. The summed E-state index contributed by atoms with van der Waals surface area (Å²) in [6, 6.07) is 9.38. The van der Waals surface area contributed by atoms with E-state index in [1.54, 1.807) is 33.4 Å². The van der Waals surface area contributed by atoms with Gasteiger partial charge in [0.05, 0.1) is 27.0 Å². The molecular formula is C23H30N2O5. The minimum absolute atomic E-state index is 0.0191. The molecule has 2 heterocycles. The minimum Gasteiger partial charge on any atom is -0.493 e. The van der Waals surface area contributed by atoms with Gasteiger partial charge >= 0.3 is 0 Å². The van der Waals surface area contributed by atoms with E-state index in [1.807, 2.05) is 23.1 Å². The standard InChI is InChI=1S/C23H30N2O5/c1-24(23(27)20-8-6-14-30-20)16-22(26)25-13-5-4-7-18(25)11-9-17-10-12-19(28-2)21(15-17)29-3/h6,8,10,12,14-15,18H,4-5,7,9,11,13,16H2,1-3H3. The molecule has 0 aliphatic carbocycles. The Morgan fingerprint density at radius 2 is 1.97 bits per heavy atom. The summed E-state index contributed by atoms with van der Waals surface area (Å²) in [7, 11) is 4.88. The number of carbonyl (C=O) groups excluding carboxylic acids is 2. The molecule has 30 heavy (non-hydrogen) atoms. The van der Waals surface area contributed by atoms with E-state index in [-0.39, 0.29) is 30.2 Å². The van der Waals surface area contributed by atoms with Crippen LogP contribution in [-0.4, -0.2) is 62.0 Å². The number of hydrogen-bond acceptors (Lipinski definition) is 5. The van der Waals surface area contributed by atoms with Gasteiger partial charge in [-0.05, 0) is 61.9 Å². The van der Waals surface area contributed by atoms with Crippen LogP contribution in [0.15, 0.2) is 41.0 Å². The Balaban J connectivity index is 1.60. The topological polar surface area (TPSA) is 72.2 Å². The normalized spacial score (nSPS) is 16.2. The molecule has 0 saturated carbocycles. The fourth-order valence-electron chi connectivity index (χ4n) is 3.95. The summed E-state index contributed by atoms with van der Waals surface area (Å²) >= 11 is 0. The van der Waals surface area contributed by atoms with Gasteiger partial charge in [0.25, 0.3) is 5.91 Å². The highest BCUT2D eigenvalue weighted by Crippen LogP contribution is 2.29. The fourth-order valence-corrected chi connectivity index (χ4v) is 3.95. The Bertz CT molecular complexity index is 849. The van der Waals surface area contributed by atoms with Gasteiger partial charge in [-0.15, -0.1) is 0 Å². The van der Waals surface area contributed by atoms with Crippen molar-refractivity contribution in [1.82, 2.24) is 9.80 Å². The highest BCUT2D eigenvalue weighted by molar-refractivity contribution is 5.94. The lowest BCUT2D eigenvalue weighted by Crippen LogP contribution is -2.48.